The first-order chi connectivity index (χ1) is 16.7. The third-order valence-electron chi connectivity index (χ3n) is 7.87. The zero-order valence-corrected chi connectivity index (χ0v) is 27.7. The Morgan fingerprint density at radius 2 is 1.03 bits per heavy atom. The van der Waals surface area contributed by atoms with Crippen LogP contribution in [0, 0.1) is 0 Å². The van der Waals surface area contributed by atoms with E-state index in [1.165, 1.54) is 64.2 Å². The maximum absolute atomic E-state index is 2.67. The normalized spacial score (nSPS) is 17.1. The molecular formula is C32H44Cl2SiZr. The standard InChI is InChI=1S/2C15H19.C2H6Si.2ClH.Zr/c2*1-2-3-4-5-8-13-11-14-9-6-7-10-15(14)12-13;1-3-2;;;/h2*6-7,9-12H,2-5,8H2,1H3;1-2H3;2*1H;/q;;;;;+2/p-2. The van der Waals surface area contributed by atoms with Gasteiger partial charge in [0.15, 0.2) is 0 Å². The number of fused-ring (bicyclic) bond motifs is 2. The van der Waals surface area contributed by atoms with Gasteiger partial charge in [-0.2, -0.15) is 0 Å². The maximum atomic E-state index is 2.67. The predicted octanol–water partition coefficient (Wildman–Crippen LogP) is 4.08. The summed E-state index contributed by atoms with van der Waals surface area (Å²) < 4.78 is 1.58. The van der Waals surface area contributed by atoms with Gasteiger partial charge in [-0.25, -0.2) is 0 Å². The van der Waals surface area contributed by atoms with Gasteiger partial charge in [0.1, 0.15) is 0 Å². The van der Waals surface area contributed by atoms with Crippen LogP contribution in [0.25, 0.3) is 12.2 Å². The van der Waals surface area contributed by atoms with Crippen LogP contribution in [0.15, 0.2) is 59.7 Å². The Balaban J connectivity index is 0.00000228. The van der Waals surface area contributed by atoms with Crippen molar-refractivity contribution < 1.29 is 45.2 Å². The van der Waals surface area contributed by atoms with Crippen LogP contribution >= 0.6 is 0 Å². The molecule has 0 saturated heterocycles. The minimum absolute atomic E-state index is 0. The van der Waals surface area contributed by atoms with Crippen molar-refractivity contribution in [1.29, 1.82) is 0 Å². The second-order valence-electron chi connectivity index (χ2n) is 10.6. The van der Waals surface area contributed by atoms with E-state index in [2.05, 4.69) is 87.6 Å². The quantitative estimate of drug-likeness (QED) is 0.249. The molecule has 0 fully saturated rings. The number of hydrogen-bond donors (Lipinski definition) is 0. The molecule has 0 aromatic heterocycles. The summed E-state index contributed by atoms with van der Waals surface area (Å²) in [6.07, 6.45) is 18.8. The van der Waals surface area contributed by atoms with E-state index in [1.807, 2.05) is 11.1 Å². The molecule has 4 rings (SSSR count). The molecule has 0 aliphatic heterocycles. The number of halogens is 2. The Morgan fingerprint density at radius 1 is 0.611 bits per heavy atom. The summed E-state index contributed by atoms with van der Waals surface area (Å²) in [6, 6.07) is 18.9. The number of allylic oxidation sites excluding steroid dienone is 2. The van der Waals surface area contributed by atoms with Crippen molar-refractivity contribution in [2.45, 2.75) is 98.4 Å². The van der Waals surface area contributed by atoms with Crippen molar-refractivity contribution >= 4 is 17.6 Å². The molecular weight excluding hydrogens is 575 g/mol. The van der Waals surface area contributed by atoms with Gasteiger partial charge in [-0.3, -0.25) is 0 Å². The average Bonchev–Trinajstić information content (AvgIpc) is 3.38. The van der Waals surface area contributed by atoms with Gasteiger partial charge in [0, 0.05) is 0 Å². The molecule has 2 unspecified atom stereocenters. The van der Waals surface area contributed by atoms with Crippen LogP contribution in [-0.2, 0) is 20.4 Å². The first kappa shape index (κ1) is 31.8. The van der Waals surface area contributed by atoms with Crippen molar-refractivity contribution in [2.24, 2.45) is 0 Å². The summed E-state index contributed by atoms with van der Waals surface area (Å²) in [6.45, 7) is 10.00. The van der Waals surface area contributed by atoms with Gasteiger partial charge in [-0.1, -0.05) is 0 Å². The van der Waals surface area contributed by atoms with Gasteiger partial charge >= 0.3 is 218 Å². The molecule has 0 nitrogen and oxygen atoms in total. The number of unbranched alkanes of at least 4 members (excludes halogenated alkanes) is 6. The second kappa shape index (κ2) is 15.9. The summed E-state index contributed by atoms with van der Waals surface area (Å²) in [4.78, 5) is 0. The van der Waals surface area contributed by atoms with Gasteiger partial charge in [0.25, 0.3) is 0 Å². The number of hydrogen-bond acceptors (Lipinski definition) is 0. The third kappa shape index (κ3) is 7.37. The van der Waals surface area contributed by atoms with Crippen molar-refractivity contribution in [2.75, 3.05) is 0 Å². The van der Waals surface area contributed by atoms with E-state index in [0.717, 1.165) is 7.25 Å². The summed E-state index contributed by atoms with van der Waals surface area (Å²) in [5.74, 6) is 0. The first-order valence-electron chi connectivity index (χ1n) is 13.9. The molecule has 0 amide bonds. The molecule has 194 valence electrons. The van der Waals surface area contributed by atoms with Gasteiger partial charge in [-0.05, 0) is 0 Å². The molecule has 2 atom stereocenters. The van der Waals surface area contributed by atoms with Gasteiger partial charge < -0.3 is 24.8 Å². The number of benzene rings is 2. The maximum Gasteiger partial charge on any atom is -1.00 e. The molecule has 0 N–H and O–H groups in total. The Bertz CT molecular complexity index is 1000. The topological polar surface area (TPSA) is 0 Å². The van der Waals surface area contributed by atoms with Gasteiger partial charge in [-0.15, -0.1) is 0 Å². The smallest absolute Gasteiger partial charge is 1.00 e. The SMILES string of the molecule is CCCCCCC1=Cc2ccccc2[CH]1[Zr+2]([CH]1C(CCCCCC)=Cc2ccccc21)=[Si](C)C.[Cl-].[Cl-]. The molecule has 2 aromatic rings. The van der Waals surface area contributed by atoms with Gasteiger partial charge in [0.05, 0.1) is 0 Å². The zero-order chi connectivity index (χ0) is 23.9. The van der Waals surface area contributed by atoms with E-state index in [0.29, 0.717) is 0 Å². The summed E-state index contributed by atoms with van der Waals surface area (Å²) in [7, 11) is 0. The monoisotopic (exact) mass is 616 g/mol. The fourth-order valence-corrected chi connectivity index (χ4v) is 26.7. The summed E-state index contributed by atoms with van der Waals surface area (Å²) >= 11 is -1.93. The predicted molar refractivity (Wildman–Crippen MR) is 149 cm³/mol. The Kier molecular flexibility index (Phi) is 14.0. The molecule has 4 heteroatoms. The van der Waals surface area contributed by atoms with E-state index < -0.39 is 20.4 Å². The summed E-state index contributed by atoms with van der Waals surface area (Å²) in [5.41, 5.74) is 9.76. The zero-order valence-electron chi connectivity index (χ0n) is 22.8. The second-order valence-corrected chi connectivity index (χ2v) is 28.5. The molecule has 2 aromatic carbocycles. The van der Waals surface area contributed by atoms with Crippen LogP contribution in [0.2, 0.25) is 13.1 Å². The van der Waals surface area contributed by atoms with Crippen molar-refractivity contribution in [3.05, 3.63) is 81.9 Å². The van der Waals surface area contributed by atoms with Crippen LogP contribution in [-0.4, -0.2) is 5.43 Å². The summed E-state index contributed by atoms with van der Waals surface area (Å²) in [5, 5.41) is 0. The minimum Gasteiger partial charge on any atom is -1.00 e. The van der Waals surface area contributed by atoms with E-state index in [-0.39, 0.29) is 30.2 Å². The Hall–Kier alpha value is -0.400. The fourth-order valence-electron chi connectivity index (χ4n) is 6.20. The molecule has 0 saturated carbocycles. The van der Waals surface area contributed by atoms with Crippen molar-refractivity contribution in [3.63, 3.8) is 0 Å². The van der Waals surface area contributed by atoms with Crippen LogP contribution in [0.1, 0.15) is 108 Å². The first-order valence-corrected chi connectivity index (χ1v) is 22.9. The molecule has 0 radical (unpaired) electrons. The van der Waals surface area contributed by atoms with Crippen LogP contribution in [0.5, 0.6) is 0 Å². The molecule has 36 heavy (non-hydrogen) atoms. The minimum atomic E-state index is -1.93. The molecule has 0 heterocycles. The van der Waals surface area contributed by atoms with E-state index in [4.69, 9.17) is 0 Å². The van der Waals surface area contributed by atoms with E-state index in [1.54, 1.807) is 22.3 Å². The van der Waals surface area contributed by atoms with Crippen molar-refractivity contribution in [1.82, 2.24) is 0 Å². The molecule has 0 spiro atoms. The largest absolute Gasteiger partial charge is 1.00 e. The molecule has 2 aliphatic rings. The molecule has 2 aliphatic carbocycles. The van der Waals surface area contributed by atoms with Crippen molar-refractivity contribution in [3.8, 4) is 0 Å². The third-order valence-corrected chi connectivity index (χ3v) is 27.4. The van der Waals surface area contributed by atoms with Crippen LogP contribution in [0.3, 0.4) is 0 Å². The Labute approximate surface area is 241 Å². The molecule has 0 bridgehead atoms. The number of rotatable bonds is 12. The van der Waals surface area contributed by atoms with E-state index in [9.17, 15) is 0 Å². The van der Waals surface area contributed by atoms with Crippen LogP contribution < -0.4 is 24.8 Å². The average molecular weight is 619 g/mol. The van der Waals surface area contributed by atoms with E-state index >= 15 is 0 Å². The van der Waals surface area contributed by atoms with Gasteiger partial charge in [0.2, 0.25) is 0 Å². The fraction of sp³-hybridized carbons (Fsp3) is 0.500. The Morgan fingerprint density at radius 3 is 1.42 bits per heavy atom. The van der Waals surface area contributed by atoms with Crippen LogP contribution in [0.4, 0.5) is 0 Å².